The first-order valence-electron chi connectivity index (χ1n) is 8.59. The van der Waals surface area contributed by atoms with Crippen molar-refractivity contribution >= 4 is 39.9 Å². The van der Waals surface area contributed by atoms with Crippen LogP contribution < -0.4 is 10.8 Å². The summed E-state index contributed by atoms with van der Waals surface area (Å²) in [6, 6.07) is 4.37. The third-order valence-corrected chi connectivity index (χ3v) is 4.45. The van der Waals surface area contributed by atoms with Crippen molar-refractivity contribution in [2.45, 2.75) is 26.4 Å². The van der Waals surface area contributed by atoms with Gasteiger partial charge in [-0.1, -0.05) is 13.8 Å². The minimum absolute atomic E-state index is 0.184. The van der Waals surface area contributed by atoms with Crippen LogP contribution in [0.4, 0.5) is 28.9 Å². The molecule has 5 nitrogen and oxygen atoms in total. The van der Waals surface area contributed by atoms with Gasteiger partial charge in [-0.05, 0) is 59.2 Å². The number of hydrogen-bond donors (Lipinski definition) is 3. The van der Waals surface area contributed by atoms with Gasteiger partial charge in [0, 0.05) is 3.57 Å². The number of carbonyl (C=O) groups excluding carboxylic acids is 1. The highest BCUT2D eigenvalue weighted by atomic mass is 127. The van der Waals surface area contributed by atoms with Gasteiger partial charge in [-0.2, -0.15) is 0 Å². The molecule has 2 aromatic carbocycles. The molecule has 2 rings (SSSR count). The summed E-state index contributed by atoms with van der Waals surface area (Å²) in [5, 5.41) is 12.0. The Kier molecular flexibility index (Phi) is 8.23. The van der Waals surface area contributed by atoms with Gasteiger partial charge in [-0.3, -0.25) is 9.63 Å². The molecule has 0 radical (unpaired) electrons. The van der Waals surface area contributed by atoms with Crippen molar-refractivity contribution in [1.29, 1.82) is 0 Å². The van der Waals surface area contributed by atoms with E-state index >= 15 is 0 Å². The van der Waals surface area contributed by atoms with Crippen LogP contribution in [0, 0.1) is 32.8 Å². The molecule has 0 bridgehead atoms. The molecular formula is C19H19F4IN2O3. The predicted molar refractivity (Wildman–Crippen MR) is 108 cm³/mol. The second kappa shape index (κ2) is 10.2. The summed E-state index contributed by atoms with van der Waals surface area (Å²) in [6.45, 7) is 3.51. The Morgan fingerprint density at radius 3 is 2.45 bits per heavy atom. The predicted octanol–water partition coefficient (Wildman–Crippen LogP) is 4.66. The van der Waals surface area contributed by atoms with Crippen molar-refractivity contribution in [2.75, 3.05) is 11.9 Å². The Labute approximate surface area is 178 Å². The molecule has 0 aliphatic rings. The molecule has 0 spiro atoms. The fraction of sp³-hybridized carbons (Fsp3) is 0.316. The molecule has 0 fully saturated rings. The maximum absolute atomic E-state index is 14.3. The van der Waals surface area contributed by atoms with E-state index < -0.39 is 46.5 Å². The lowest BCUT2D eigenvalue weighted by atomic mass is 10.1. The molecule has 10 heteroatoms. The van der Waals surface area contributed by atoms with Gasteiger partial charge in [0.1, 0.15) is 12.4 Å². The van der Waals surface area contributed by atoms with Gasteiger partial charge in [-0.25, -0.2) is 23.0 Å². The Morgan fingerprint density at radius 2 is 1.83 bits per heavy atom. The van der Waals surface area contributed by atoms with Crippen LogP contribution in [0.2, 0.25) is 0 Å². The van der Waals surface area contributed by atoms with Gasteiger partial charge < -0.3 is 10.4 Å². The fourth-order valence-electron chi connectivity index (χ4n) is 2.49. The van der Waals surface area contributed by atoms with Gasteiger partial charge >= 0.3 is 0 Å². The van der Waals surface area contributed by atoms with E-state index in [4.69, 9.17) is 4.84 Å². The minimum Gasteiger partial charge on any atom is -0.391 e. The van der Waals surface area contributed by atoms with Crippen LogP contribution in [0.25, 0.3) is 0 Å². The van der Waals surface area contributed by atoms with Crippen molar-refractivity contribution < 1.29 is 32.3 Å². The Balaban J connectivity index is 2.25. The highest BCUT2D eigenvalue weighted by molar-refractivity contribution is 14.1. The Bertz CT molecular complexity index is 896. The van der Waals surface area contributed by atoms with Gasteiger partial charge in [0.25, 0.3) is 5.91 Å². The molecular weight excluding hydrogens is 507 g/mol. The number of amides is 1. The monoisotopic (exact) mass is 526 g/mol. The van der Waals surface area contributed by atoms with E-state index in [1.165, 1.54) is 12.1 Å². The topological polar surface area (TPSA) is 70.6 Å². The van der Waals surface area contributed by atoms with E-state index in [1.54, 1.807) is 0 Å². The molecule has 0 aliphatic heterocycles. The van der Waals surface area contributed by atoms with Gasteiger partial charge in [0.15, 0.2) is 17.5 Å². The fourth-order valence-corrected chi connectivity index (χ4v) is 2.95. The highest BCUT2D eigenvalue weighted by Crippen LogP contribution is 2.30. The average Bonchev–Trinajstić information content (AvgIpc) is 2.63. The number of benzene rings is 2. The van der Waals surface area contributed by atoms with Gasteiger partial charge in [0.05, 0.1) is 23.0 Å². The molecule has 3 N–H and O–H groups in total. The van der Waals surface area contributed by atoms with Crippen LogP contribution in [0.1, 0.15) is 30.6 Å². The quantitative estimate of drug-likeness (QED) is 0.203. The van der Waals surface area contributed by atoms with Crippen molar-refractivity contribution in [3.63, 3.8) is 0 Å². The second-order valence-corrected chi connectivity index (χ2v) is 7.93. The van der Waals surface area contributed by atoms with Crippen molar-refractivity contribution in [3.05, 3.63) is 56.7 Å². The summed E-state index contributed by atoms with van der Waals surface area (Å²) in [4.78, 5) is 17.2. The minimum atomic E-state index is -1.82. The van der Waals surface area contributed by atoms with E-state index in [0.717, 1.165) is 6.07 Å². The molecule has 0 saturated carbocycles. The maximum atomic E-state index is 14.3. The molecule has 158 valence electrons. The van der Waals surface area contributed by atoms with Crippen LogP contribution in [0.3, 0.4) is 0 Å². The van der Waals surface area contributed by atoms with Crippen molar-refractivity contribution in [3.8, 4) is 0 Å². The number of rotatable bonds is 8. The molecule has 0 aromatic heterocycles. The molecule has 0 saturated heterocycles. The van der Waals surface area contributed by atoms with Crippen LogP contribution in [0.15, 0.2) is 24.3 Å². The van der Waals surface area contributed by atoms with Crippen LogP contribution in [-0.2, 0) is 4.84 Å². The van der Waals surface area contributed by atoms with E-state index in [0.29, 0.717) is 16.1 Å². The number of hydroxylamine groups is 1. The van der Waals surface area contributed by atoms with Gasteiger partial charge in [-0.15, -0.1) is 0 Å². The average molecular weight is 526 g/mol. The number of carbonyl (C=O) groups is 1. The third-order valence-electron chi connectivity index (χ3n) is 3.78. The Hall–Kier alpha value is -1.92. The molecule has 29 heavy (non-hydrogen) atoms. The van der Waals surface area contributed by atoms with E-state index in [9.17, 15) is 27.5 Å². The van der Waals surface area contributed by atoms with E-state index in [1.807, 2.05) is 41.9 Å². The highest BCUT2D eigenvalue weighted by Gasteiger charge is 2.24. The number of anilines is 2. The number of nitrogens with one attached hydrogen (secondary N) is 2. The van der Waals surface area contributed by atoms with Crippen LogP contribution in [-0.4, -0.2) is 23.7 Å². The molecule has 1 atom stereocenters. The first-order chi connectivity index (χ1) is 13.6. The smallest absolute Gasteiger partial charge is 0.277 e. The third kappa shape index (κ3) is 6.28. The standard InChI is InChI=1S/C19H19F4IN2O3/c1-9(2)5-11(27)8-29-26-19(28)12-7-14(21)16(22)17(23)18(12)25-15-4-3-10(24)6-13(15)20/h3-4,6-7,9,11,25,27H,5,8H2,1-2H3,(H,26,28). The normalized spacial score (nSPS) is 12.2. The van der Waals surface area contributed by atoms with E-state index in [2.05, 4.69) is 5.32 Å². The van der Waals surface area contributed by atoms with Gasteiger partial charge in [0.2, 0.25) is 0 Å². The summed E-state index contributed by atoms with van der Waals surface area (Å²) in [5.74, 6) is -6.80. The zero-order chi connectivity index (χ0) is 21.7. The number of hydrogen-bond acceptors (Lipinski definition) is 4. The molecule has 0 aliphatic carbocycles. The number of halogens is 5. The van der Waals surface area contributed by atoms with Crippen molar-refractivity contribution in [2.24, 2.45) is 5.92 Å². The first-order valence-corrected chi connectivity index (χ1v) is 9.67. The van der Waals surface area contributed by atoms with E-state index in [-0.39, 0.29) is 18.2 Å². The SMILES string of the molecule is CC(C)CC(O)CONC(=O)c1cc(F)c(F)c(F)c1Nc1ccc(I)cc1F. The second-order valence-electron chi connectivity index (χ2n) is 6.68. The largest absolute Gasteiger partial charge is 0.391 e. The molecule has 2 aromatic rings. The number of aliphatic hydroxyl groups excluding tert-OH is 1. The Morgan fingerprint density at radius 1 is 1.14 bits per heavy atom. The number of aliphatic hydroxyl groups is 1. The molecule has 1 amide bonds. The maximum Gasteiger partial charge on any atom is 0.277 e. The summed E-state index contributed by atoms with van der Waals surface area (Å²) in [7, 11) is 0. The summed E-state index contributed by atoms with van der Waals surface area (Å²) in [5.41, 5.74) is 0.301. The lowest BCUT2D eigenvalue weighted by Crippen LogP contribution is -2.30. The lowest BCUT2D eigenvalue weighted by Gasteiger charge is -2.16. The first kappa shape index (κ1) is 23.4. The summed E-state index contributed by atoms with van der Waals surface area (Å²) >= 11 is 1.86. The summed E-state index contributed by atoms with van der Waals surface area (Å²) in [6.07, 6.45) is -0.454. The zero-order valence-corrected chi connectivity index (χ0v) is 17.7. The van der Waals surface area contributed by atoms with Crippen LogP contribution >= 0.6 is 22.6 Å². The molecule has 0 heterocycles. The molecule has 1 unspecified atom stereocenters. The zero-order valence-electron chi connectivity index (χ0n) is 15.5. The van der Waals surface area contributed by atoms with Crippen molar-refractivity contribution in [1.82, 2.24) is 5.48 Å². The summed E-state index contributed by atoms with van der Waals surface area (Å²) < 4.78 is 56.3. The van der Waals surface area contributed by atoms with Crippen LogP contribution in [0.5, 0.6) is 0 Å². The lowest BCUT2D eigenvalue weighted by molar-refractivity contribution is -0.0181.